The van der Waals surface area contributed by atoms with Crippen LogP contribution < -0.4 is 15.1 Å². The molecular formula is C48H28N5O2Zn-. The topological polar surface area (TPSA) is 118 Å². The number of rotatable bonds is 6. The molecule has 8 heteroatoms. The number of hydrogen-bond acceptors (Lipinski definition) is 5. The maximum atomic E-state index is 12.2. The summed E-state index contributed by atoms with van der Waals surface area (Å²) in [6, 6.07) is 47.4. The van der Waals surface area contributed by atoms with Crippen molar-refractivity contribution in [2.75, 3.05) is 0 Å². The van der Waals surface area contributed by atoms with Gasteiger partial charge in [-0.3, -0.25) is 0 Å². The number of aliphatic carboxylic acids is 1. The minimum absolute atomic E-state index is 0. The molecule has 2 aliphatic rings. The van der Waals surface area contributed by atoms with Crippen molar-refractivity contribution < 1.29 is 29.4 Å². The number of carboxylic acids is 1. The second-order valence-corrected chi connectivity index (χ2v) is 13.0. The van der Waals surface area contributed by atoms with Gasteiger partial charge in [-0.15, -0.1) is 22.1 Å². The molecule has 5 heterocycles. The number of hydrogen-bond donors (Lipinski definition) is 0. The molecule has 0 N–H and O–H groups in total. The van der Waals surface area contributed by atoms with Crippen molar-refractivity contribution in [3.63, 3.8) is 0 Å². The fourth-order valence-corrected chi connectivity index (χ4v) is 7.19. The van der Waals surface area contributed by atoms with E-state index in [2.05, 4.69) is 12.1 Å². The van der Waals surface area contributed by atoms with Crippen LogP contribution in [-0.4, -0.2) is 15.9 Å². The fraction of sp³-hybridized carbons (Fsp3) is 0. The van der Waals surface area contributed by atoms with E-state index >= 15 is 0 Å². The van der Waals surface area contributed by atoms with Crippen LogP contribution in [0.2, 0.25) is 0 Å². The molecule has 0 atom stereocenters. The van der Waals surface area contributed by atoms with Crippen LogP contribution in [0.25, 0.3) is 97.0 Å². The van der Waals surface area contributed by atoms with Crippen LogP contribution in [-0.2, 0) is 24.3 Å². The van der Waals surface area contributed by atoms with Gasteiger partial charge in [0.1, 0.15) is 6.07 Å². The number of carbonyl (C=O) groups is 1. The molecule has 0 fully saturated rings. The smallest absolute Gasteiger partial charge is 0.657 e. The molecule has 3 aromatic heterocycles. The van der Waals surface area contributed by atoms with E-state index in [0.29, 0.717) is 39.2 Å². The maximum Gasteiger partial charge on any atom is 2.00 e. The Hall–Kier alpha value is -7.20. The summed E-state index contributed by atoms with van der Waals surface area (Å²) >= 11 is 0. The SMILES string of the molecule is N#C/C(=C\c1cc2[n-]c1c(-c1ccccc1)c1nc(c(-c3ccccc3)c3ccc([n-]3)c(-c3ccccc3)c3nc(c2-c2ccccc2)C=C3)C=C1)C(=O)[O-].[Zn+2]. The molecule has 9 rings (SSSR count). The Kier molecular flexibility index (Phi) is 9.77. The minimum atomic E-state index is -1.58. The van der Waals surface area contributed by atoms with E-state index in [1.165, 1.54) is 6.08 Å². The third-order valence-corrected chi connectivity index (χ3v) is 9.64. The zero-order chi connectivity index (χ0) is 37.3. The molecule has 56 heavy (non-hydrogen) atoms. The molecule has 8 bridgehead atoms. The molecule has 0 unspecified atom stereocenters. The normalized spacial score (nSPS) is 11.9. The van der Waals surface area contributed by atoms with Crippen LogP contribution in [0.15, 0.2) is 145 Å². The van der Waals surface area contributed by atoms with Crippen molar-refractivity contribution in [3.8, 4) is 50.6 Å². The second-order valence-electron chi connectivity index (χ2n) is 13.0. The number of nitriles is 1. The van der Waals surface area contributed by atoms with Crippen LogP contribution in [0.1, 0.15) is 28.3 Å². The van der Waals surface area contributed by atoms with Crippen LogP contribution in [0, 0.1) is 11.3 Å². The first-order valence-electron chi connectivity index (χ1n) is 17.7. The predicted octanol–water partition coefficient (Wildman–Crippen LogP) is 9.24. The van der Waals surface area contributed by atoms with E-state index in [0.717, 1.165) is 55.7 Å². The summed E-state index contributed by atoms with van der Waals surface area (Å²) in [5.41, 5.74) is 11.8. The molecule has 0 amide bonds. The van der Waals surface area contributed by atoms with Gasteiger partial charge in [-0.05, 0) is 80.5 Å². The van der Waals surface area contributed by atoms with Gasteiger partial charge in [0.05, 0.1) is 34.3 Å². The molecule has 260 valence electrons. The molecule has 0 spiro atoms. The van der Waals surface area contributed by atoms with Gasteiger partial charge in [0.25, 0.3) is 0 Å². The molecule has 4 aromatic carbocycles. The predicted molar refractivity (Wildman–Crippen MR) is 217 cm³/mol. The Morgan fingerprint density at radius 3 is 1.30 bits per heavy atom. The molecule has 7 nitrogen and oxygen atoms in total. The van der Waals surface area contributed by atoms with E-state index in [-0.39, 0.29) is 19.5 Å². The number of benzene rings is 4. The zero-order valence-corrected chi connectivity index (χ0v) is 32.9. The molecule has 0 aliphatic carbocycles. The van der Waals surface area contributed by atoms with Gasteiger partial charge in [-0.1, -0.05) is 140 Å². The first-order chi connectivity index (χ1) is 27.1. The summed E-state index contributed by atoms with van der Waals surface area (Å²) in [5, 5.41) is 22.0. The third kappa shape index (κ3) is 6.62. The summed E-state index contributed by atoms with van der Waals surface area (Å²) in [5.74, 6) is -1.58. The average Bonchev–Trinajstić information content (AvgIpc) is 4.06. The second kappa shape index (κ2) is 15.3. The Bertz CT molecular complexity index is 2940. The average molecular weight is 772 g/mol. The van der Waals surface area contributed by atoms with Crippen molar-refractivity contribution in [1.82, 2.24) is 19.9 Å². The van der Waals surface area contributed by atoms with Gasteiger partial charge in [0.2, 0.25) is 0 Å². The van der Waals surface area contributed by atoms with Crippen molar-refractivity contribution in [2.45, 2.75) is 0 Å². The molecule has 0 radical (unpaired) electrons. The van der Waals surface area contributed by atoms with E-state index in [4.69, 9.17) is 19.9 Å². The monoisotopic (exact) mass is 770 g/mol. The molecular weight excluding hydrogens is 744 g/mol. The summed E-state index contributed by atoms with van der Waals surface area (Å²) in [7, 11) is 0. The molecule has 0 saturated heterocycles. The van der Waals surface area contributed by atoms with E-state index in [1.807, 2.05) is 152 Å². The Morgan fingerprint density at radius 1 is 0.536 bits per heavy atom. The first-order valence-corrected chi connectivity index (χ1v) is 17.7. The molecule has 7 aromatic rings. The number of carboxylic acid groups (broad SMARTS) is 1. The van der Waals surface area contributed by atoms with Gasteiger partial charge >= 0.3 is 19.5 Å². The Balaban J connectivity index is 0.00000441. The standard InChI is InChI=1S/C48H30N5O2.Zn/c49-29-35(48(54)55)27-34-28-42-45(32-17-9-3-10-18-32)40-24-23-38(51-40)43(30-13-5-1-6-14-30)36-21-22-37(50-36)44(31-15-7-2-8-16-31)39-25-26-41(52-39)46(47(34)53-42)33-19-11-4-12-20-33;/h1-28H,(H2-,50,51,52,53,54,55);/q-1;+2/p-2/b35-27+,43-36?,43-38?,44-37?,44-39?,45-40?,45-42?,46-41?,47-46?;. The number of carbonyl (C=O) groups excluding carboxylic acids is 1. The fourth-order valence-electron chi connectivity index (χ4n) is 7.19. The maximum absolute atomic E-state index is 12.2. The van der Waals surface area contributed by atoms with Gasteiger partial charge in [0.15, 0.2) is 0 Å². The number of fused-ring (bicyclic) bond motifs is 8. The quantitative estimate of drug-likeness (QED) is 0.0940. The zero-order valence-electron chi connectivity index (χ0n) is 29.9. The summed E-state index contributed by atoms with van der Waals surface area (Å²) in [6.07, 6.45) is 9.22. The largest absolute Gasteiger partial charge is 2.00 e. The van der Waals surface area contributed by atoms with Crippen LogP contribution in [0.4, 0.5) is 0 Å². The number of nitrogens with zero attached hydrogens (tertiary/aromatic N) is 5. The van der Waals surface area contributed by atoms with Crippen LogP contribution in [0.3, 0.4) is 0 Å². The Morgan fingerprint density at radius 2 is 0.911 bits per heavy atom. The van der Waals surface area contributed by atoms with Crippen molar-refractivity contribution in [1.29, 1.82) is 5.26 Å². The van der Waals surface area contributed by atoms with Crippen molar-refractivity contribution in [2.24, 2.45) is 0 Å². The van der Waals surface area contributed by atoms with E-state index < -0.39 is 11.5 Å². The summed E-state index contributed by atoms with van der Waals surface area (Å²) in [6.45, 7) is 0. The van der Waals surface area contributed by atoms with Crippen molar-refractivity contribution >= 4 is 58.4 Å². The summed E-state index contributed by atoms with van der Waals surface area (Å²) in [4.78, 5) is 33.3. The first kappa shape index (κ1) is 35.8. The van der Waals surface area contributed by atoms with Crippen molar-refractivity contribution in [3.05, 3.63) is 173 Å². The van der Waals surface area contributed by atoms with Crippen LogP contribution >= 0.6 is 0 Å². The van der Waals surface area contributed by atoms with Gasteiger partial charge in [-0.25, -0.2) is 9.97 Å². The number of aromatic nitrogens is 4. The van der Waals surface area contributed by atoms with Gasteiger partial charge < -0.3 is 19.9 Å². The minimum Gasteiger partial charge on any atom is -0.657 e. The third-order valence-electron chi connectivity index (χ3n) is 9.64. The molecule has 2 aliphatic heterocycles. The van der Waals surface area contributed by atoms with Gasteiger partial charge in [0, 0.05) is 0 Å². The van der Waals surface area contributed by atoms with Gasteiger partial charge in [-0.2, -0.15) is 5.26 Å². The summed E-state index contributed by atoms with van der Waals surface area (Å²) < 4.78 is 0. The van der Waals surface area contributed by atoms with Crippen LogP contribution in [0.5, 0.6) is 0 Å². The Labute approximate surface area is 335 Å². The van der Waals surface area contributed by atoms with E-state index in [1.54, 1.807) is 6.07 Å². The molecule has 0 saturated carbocycles. The van der Waals surface area contributed by atoms with E-state index in [9.17, 15) is 15.2 Å².